The molecular weight excluding hydrogens is 406 g/mol. The molecule has 1 rings (SSSR count). The average Bonchev–Trinajstić information content (AvgIpc) is 3.04. The van der Waals surface area contributed by atoms with Crippen LogP contribution in [0.5, 0.6) is 0 Å². The zero-order valence-electron chi connectivity index (χ0n) is 20.8. The van der Waals surface area contributed by atoms with E-state index in [0.29, 0.717) is 19.4 Å². The first-order chi connectivity index (χ1) is 15.4. The summed E-state index contributed by atoms with van der Waals surface area (Å²) in [5.41, 5.74) is 0. The molecule has 0 aromatic heterocycles. The van der Waals surface area contributed by atoms with Gasteiger partial charge >= 0.3 is 5.97 Å². The highest BCUT2D eigenvalue weighted by atomic mass is 16.5. The summed E-state index contributed by atoms with van der Waals surface area (Å²) in [6, 6.07) is 0. The second-order valence-electron chi connectivity index (χ2n) is 9.26. The van der Waals surface area contributed by atoms with Gasteiger partial charge in [0.05, 0.1) is 18.3 Å². The Kier molecular flexibility index (Phi) is 15.9. The first-order valence-corrected chi connectivity index (χ1v) is 13.0. The Morgan fingerprint density at radius 1 is 1.03 bits per heavy atom. The Labute approximate surface area is 196 Å². The van der Waals surface area contributed by atoms with Gasteiger partial charge in [0.25, 0.3) is 0 Å². The fourth-order valence-corrected chi connectivity index (χ4v) is 4.64. The summed E-state index contributed by atoms with van der Waals surface area (Å²) in [6.45, 7) is 9.54. The van der Waals surface area contributed by atoms with Crippen LogP contribution in [-0.4, -0.2) is 70.7 Å². The molecule has 0 aliphatic heterocycles. The molecule has 6 nitrogen and oxygen atoms in total. The first-order valence-electron chi connectivity index (χ1n) is 13.0. The highest BCUT2D eigenvalue weighted by Gasteiger charge is 2.39. The zero-order valence-corrected chi connectivity index (χ0v) is 20.8. The van der Waals surface area contributed by atoms with E-state index in [-0.39, 0.29) is 17.8 Å². The number of hydrogen-bond acceptors (Lipinski definition) is 6. The minimum atomic E-state index is -0.541. The topological polar surface area (TPSA) is 90.2 Å². The number of aliphatic hydroxyl groups is 3. The summed E-state index contributed by atoms with van der Waals surface area (Å²) in [5.74, 6) is -0.171. The van der Waals surface area contributed by atoms with Crippen LogP contribution in [0.15, 0.2) is 12.2 Å². The third kappa shape index (κ3) is 11.8. The Bertz CT molecular complexity index is 508. The molecule has 1 aliphatic rings. The molecule has 0 heterocycles. The van der Waals surface area contributed by atoms with Crippen LogP contribution < -0.4 is 0 Å². The van der Waals surface area contributed by atoms with Crippen LogP contribution in [0, 0.1) is 11.8 Å². The number of aliphatic hydroxyl groups excluding tert-OH is 3. The third-order valence-corrected chi connectivity index (χ3v) is 6.81. The Hall–Kier alpha value is -0.950. The lowest BCUT2D eigenvalue weighted by Gasteiger charge is -2.21. The van der Waals surface area contributed by atoms with Gasteiger partial charge in [-0.05, 0) is 38.3 Å². The zero-order chi connectivity index (χ0) is 23.8. The molecule has 3 unspecified atom stereocenters. The Morgan fingerprint density at radius 2 is 1.75 bits per heavy atom. The predicted molar refractivity (Wildman–Crippen MR) is 129 cm³/mol. The van der Waals surface area contributed by atoms with Crippen molar-refractivity contribution >= 4 is 5.97 Å². The van der Waals surface area contributed by atoms with Crippen molar-refractivity contribution in [1.82, 2.24) is 4.90 Å². The van der Waals surface area contributed by atoms with E-state index < -0.39 is 18.3 Å². The Morgan fingerprint density at radius 3 is 2.44 bits per heavy atom. The average molecular weight is 456 g/mol. The van der Waals surface area contributed by atoms with E-state index in [1.54, 1.807) is 6.08 Å². The summed E-state index contributed by atoms with van der Waals surface area (Å²) in [5, 5.41) is 30.9. The number of carbonyl (C=O) groups excluding carboxylic acids is 1. The molecule has 0 saturated heterocycles. The molecule has 3 N–H and O–H groups in total. The summed E-state index contributed by atoms with van der Waals surface area (Å²) < 4.78 is 5.31. The molecule has 0 amide bonds. The van der Waals surface area contributed by atoms with E-state index in [1.807, 2.05) is 6.08 Å². The molecule has 32 heavy (non-hydrogen) atoms. The maximum Gasteiger partial charge on any atom is 0.305 e. The van der Waals surface area contributed by atoms with E-state index in [1.165, 1.54) is 0 Å². The number of ether oxygens (including phenoxy) is 1. The first kappa shape index (κ1) is 29.1. The second kappa shape index (κ2) is 17.5. The van der Waals surface area contributed by atoms with Crippen molar-refractivity contribution in [2.75, 3.05) is 26.2 Å². The number of carbonyl (C=O) groups is 1. The van der Waals surface area contributed by atoms with Crippen molar-refractivity contribution in [1.29, 1.82) is 0 Å². The molecule has 1 fully saturated rings. The van der Waals surface area contributed by atoms with Crippen molar-refractivity contribution in [3.8, 4) is 0 Å². The van der Waals surface area contributed by atoms with E-state index in [0.717, 1.165) is 77.4 Å². The smallest absolute Gasteiger partial charge is 0.305 e. The van der Waals surface area contributed by atoms with Gasteiger partial charge in [0.15, 0.2) is 0 Å². The third-order valence-electron chi connectivity index (χ3n) is 6.81. The monoisotopic (exact) mass is 455 g/mol. The maximum atomic E-state index is 11.8. The standard InChI is InChI=1S/C26H49NO5/c1-4-7-10-13-21(28)16-17-23-22(24(29)20-25(23)30)14-11-8-9-12-15-26(31)32-19-18-27(5-2)6-3/h16-17,21-25,28-30H,4-15,18-20H2,1-3H3/t21?,22-,23-,24?,25?/m1/s1. The van der Waals surface area contributed by atoms with Crippen molar-refractivity contribution in [3.05, 3.63) is 12.2 Å². The normalized spacial score (nSPS) is 24.5. The summed E-state index contributed by atoms with van der Waals surface area (Å²) in [4.78, 5) is 14.1. The second-order valence-corrected chi connectivity index (χ2v) is 9.26. The van der Waals surface area contributed by atoms with Crippen LogP contribution in [0.4, 0.5) is 0 Å². The summed E-state index contributed by atoms with van der Waals surface area (Å²) >= 11 is 0. The highest BCUT2D eigenvalue weighted by molar-refractivity contribution is 5.69. The van der Waals surface area contributed by atoms with E-state index in [9.17, 15) is 20.1 Å². The molecule has 0 bridgehead atoms. The summed E-state index contributed by atoms with van der Waals surface area (Å²) in [7, 11) is 0. The van der Waals surface area contributed by atoms with Gasteiger partial charge in [0.1, 0.15) is 6.61 Å². The van der Waals surface area contributed by atoms with Crippen LogP contribution in [-0.2, 0) is 9.53 Å². The fraction of sp³-hybridized carbons (Fsp3) is 0.885. The van der Waals surface area contributed by atoms with Gasteiger partial charge in [-0.15, -0.1) is 0 Å². The maximum absolute atomic E-state index is 11.8. The molecule has 0 radical (unpaired) electrons. The molecule has 0 aromatic carbocycles. The SMILES string of the molecule is CCCCCC(O)C=C[C@H]1C(O)CC(O)[C@@H]1CCCCCCC(=O)OCCN(CC)CC. The van der Waals surface area contributed by atoms with Crippen LogP contribution in [0.2, 0.25) is 0 Å². The van der Waals surface area contributed by atoms with Crippen LogP contribution in [0.25, 0.3) is 0 Å². The van der Waals surface area contributed by atoms with Gasteiger partial charge in [-0.3, -0.25) is 4.79 Å². The van der Waals surface area contributed by atoms with Crippen LogP contribution >= 0.6 is 0 Å². The molecule has 6 heteroatoms. The fourth-order valence-electron chi connectivity index (χ4n) is 4.64. The van der Waals surface area contributed by atoms with Gasteiger partial charge < -0.3 is 25.0 Å². The van der Waals surface area contributed by atoms with Gasteiger partial charge in [0.2, 0.25) is 0 Å². The highest BCUT2D eigenvalue weighted by Crippen LogP contribution is 2.37. The van der Waals surface area contributed by atoms with Crippen LogP contribution in [0.3, 0.4) is 0 Å². The minimum absolute atomic E-state index is 0.0362. The molecule has 0 spiro atoms. The lowest BCUT2D eigenvalue weighted by molar-refractivity contribution is -0.144. The molecule has 188 valence electrons. The number of likely N-dealkylation sites (N-methyl/N-ethyl adjacent to an activating group) is 1. The van der Waals surface area contributed by atoms with Crippen molar-refractivity contribution in [2.45, 2.75) is 110 Å². The van der Waals surface area contributed by atoms with Gasteiger partial charge in [-0.1, -0.05) is 71.4 Å². The molecule has 1 saturated carbocycles. The van der Waals surface area contributed by atoms with Crippen molar-refractivity contribution in [3.63, 3.8) is 0 Å². The molecular formula is C26H49NO5. The summed E-state index contributed by atoms with van der Waals surface area (Å²) in [6.07, 6.45) is 11.7. The van der Waals surface area contributed by atoms with Gasteiger partial charge in [-0.2, -0.15) is 0 Å². The molecule has 0 aromatic rings. The van der Waals surface area contributed by atoms with E-state index >= 15 is 0 Å². The number of unbranched alkanes of at least 4 members (excludes halogenated alkanes) is 5. The number of esters is 1. The lowest BCUT2D eigenvalue weighted by atomic mass is 9.88. The van der Waals surface area contributed by atoms with Crippen molar-refractivity contribution < 1.29 is 24.9 Å². The molecule has 1 aliphatic carbocycles. The largest absolute Gasteiger partial charge is 0.464 e. The quantitative estimate of drug-likeness (QED) is 0.164. The van der Waals surface area contributed by atoms with E-state index in [2.05, 4.69) is 25.7 Å². The Balaban J connectivity index is 2.23. The number of hydrogen-bond donors (Lipinski definition) is 3. The minimum Gasteiger partial charge on any atom is -0.464 e. The van der Waals surface area contributed by atoms with Gasteiger partial charge in [0, 0.05) is 25.3 Å². The van der Waals surface area contributed by atoms with Crippen molar-refractivity contribution in [2.24, 2.45) is 11.8 Å². The van der Waals surface area contributed by atoms with Crippen LogP contribution in [0.1, 0.15) is 91.4 Å². The molecule has 5 atom stereocenters. The lowest BCUT2D eigenvalue weighted by Crippen LogP contribution is -2.27. The number of nitrogens with zero attached hydrogens (tertiary/aromatic N) is 1. The van der Waals surface area contributed by atoms with Gasteiger partial charge in [-0.25, -0.2) is 0 Å². The predicted octanol–water partition coefficient (Wildman–Crippen LogP) is 4.07. The number of rotatable bonds is 18. The van der Waals surface area contributed by atoms with E-state index in [4.69, 9.17) is 4.74 Å².